The van der Waals surface area contributed by atoms with E-state index in [4.69, 9.17) is 4.74 Å². The third-order valence-corrected chi connectivity index (χ3v) is 11.1. The van der Waals surface area contributed by atoms with E-state index >= 15 is 0 Å². The van der Waals surface area contributed by atoms with Crippen LogP contribution in [0.4, 0.5) is 0 Å². The van der Waals surface area contributed by atoms with Gasteiger partial charge in [-0.25, -0.2) is 0 Å². The molecule has 3 atom stereocenters. The number of rotatable bonds is 43. The van der Waals surface area contributed by atoms with Gasteiger partial charge in [0.25, 0.3) is 0 Å². The maximum atomic E-state index is 13.1. The maximum Gasteiger partial charge on any atom is 0.306 e. The van der Waals surface area contributed by atoms with Crippen LogP contribution in [-0.2, 0) is 14.3 Å². The van der Waals surface area contributed by atoms with Crippen LogP contribution < -0.4 is 5.32 Å². The van der Waals surface area contributed by atoms with Crippen molar-refractivity contribution in [3.05, 3.63) is 12.2 Å². The first-order valence-corrected chi connectivity index (χ1v) is 23.9. The first-order chi connectivity index (χ1) is 26.5. The molecule has 3 N–H and O–H groups in total. The second-order valence-electron chi connectivity index (χ2n) is 16.5. The van der Waals surface area contributed by atoms with Crippen LogP contribution in [-0.4, -0.2) is 46.9 Å². The first-order valence-electron chi connectivity index (χ1n) is 23.9. The van der Waals surface area contributed by atoms with Crippen LogP contribution in [0.25, 0.3) is 0 Å². The number of ether oxygens (including phenoxy) is 1. The van der Waals surface area contributed by atoms with Crippen molar-refractivity contribution in [3.8, 4) is 0 Å². The highest BCUT2D eigenvalue weighted by Crippen LogP contribution is 2.18. The summed E-state index contributed by atoms with van der Waals surface area (Å²) in [4.78, 5) is 26.0. The molecule has 0 aliphatic carbocycles. The Labute approximate surface area is 336 Å². The summed E-state index contributed by atoms with van der Waals surface area (Å²) in [5, 5.41) is 23.6. The Bertz CT molecular complexity index is 817. The number of unbranched alkanes of at least 4 members (excludes halogenated alkanes) is 29. The van der Waals surface area contributed by atoms with E-state index in [2.05, 4.69) is 38.2 Å². The molecular formula is C48H93NO5. The molecule has 3 unspecified atom stereocenters. The summed E-state index contributed by atoms with van der Waals surface area (Å²) in [7, 11) is 0. The van der Waals surface area contributed by atoms with Crippen molar-refractivity contribution in [2.45, 2.75) is 277 Å². The maximum absolute atomic E-state index is 13.1. The Morgan fingerprint density at radius 3 is 1.37 bits per heavy atom. The Hall–Kier alpha value is -1.40. The van der Waals surface area contributed by atoms with Gasteiger partial charge in [0.15, 0.2) is 0 Å². The number of aliphatic hydroxyl groups is 2. The number of nitrogens with one attached hydrogen (secondary N) is 1. The van der Waals surface area contributed by atoms with E-state index in [1.165, 1.54) is 154 Å². The van der Waals surface area contributed by atoms with Gasteiger partial charge in [0.05, 0.1) is 25.2 Å². The molecule has 0 fully saturated rings. The smallest absolute Gasteiger partial charge is 0.306 e. The number of amides is 1. The quantitative estimate of drug-likeness (QED) is 0.0326. The zero-order valence-corrected chi connectivity index (χ0v) is 36.4. The van der Waals surface area contributed by atoms with Crippen molar-refractivity contribution in [2.24, 2.45) is 0 Å². The van der Waals surface area contributed by atoms with E-state index in [0.29, 0.717) is 19.3 Å². The average molecular weight is 764 g/mol. The zero-order chi connectivity index (χ0) is 39.6. The minimum Gasteiger partial charge on any atom is -0.462 e. The molecule has 1 amide bonds. The molecule has 0 aromatic carbocycles. The van der Waals surface area contributed by atoms with Crippen molar-refractivity contribution < 1.29 is 24.5 Å². The summed E-state index contributed by atoms with van der Waals surface area (Å²) in [6.45, 7) is 6.44. The van der Waals surface area contributed by atoms with E-state index < -0.39 is 18.2 Å². The summed E-state index contributed by atoms with van der Waals surface area (Å²) in [6.07, 6.45) is 45.6. The SMILES string of the molecule is CCCC/C=C\CCCCCCCC(=O)OC(CCCCCCCCCCCCCCCCC)CC(=O)NC(CO)C(O)CCCCCCCCCCC. The third-order valence-electron chi connectivity index (χ3n) is 11.1. The van der Waals surface area contributed by atoms with E-state index in [0.717, 1.165) is 57.8 Å². The van der Waals surface area contributed by atoms with Gasteiger partial charge in [0.2, 0.25) is 5.91 Å². The molecule has 6 heteroatoms. The summed E-state index contributed by atoms with van der Waals surface area (Å²) < 4.78 is 5.91. The molecule has 6 nitrogen and oxygen atoms in total. The fourth-order valence-electron chi connectivity index (χ4n) is 7.41. The van der Waals surface area contributed by atoms with Crippen molar-refractivity contribution in [2.75, 3.05) is 6.61 Å². The number of hydrogen-bond donors (Lipinski definition) is 3. The molecule has 0 radical (unpaired) electrons. The molecule has 0 heterocycles. The normalized spacial score (nSPS) is 13.4. The molecule has 0 spiro atoms. The van der Waals surface area contributed by atoms with Crippen molar-refractivity contribution in [1.29, 1.82) is 0 Å². The Morgan fingerprint density at radius 1 is 0.519 bits per heavy atom. The lowest BCUT2D eigenvalue weighted by atomic mass is 10.0. The van der Waals surface area contributed by atoms with Crippen LogP contribution >= 0.6 is 0 Å². The van der Waals surface area contributed by atoms with Crippen molar-refractivity contribution in [1.82, 2.24) is 5.32 Å². The molecular weight excluding hydrogens is 671 g/mol. The molecule has 0 rings (SSSR count). The minimum absolute atomic E-state index is 0.0807. The largest absolute Gasteiger partial charge is 0.462 e. The monoisotopic (exact) mass is 764 g/mol. The van der Waals surface area contributed by atoms with Gasteiger partial charge in [-0.1, -0.05) is 213 Å². The van der Waals surface area contributed by atoms with E-state index in [1.807, 2.05) is 0 Å². The van der Waals surface area contributed by atoms with Gasteiger partial charge in [-0.15, -0.1) is 0 Å². The van der Waals surface area contributed by atoms with Crippen LogP contribution in [0.1, 0.15) is 258 Å². The molecule has 0 aliphatic rings. The number of hydrogen-bond acceptors (Lipinski definition) is 5. The van der Waals surface area contributed by atoms with Gasteiger partial charge in [0.1, 0.15) is 6.10 Å². The summed E-state index contributed by atoms with van der Waals surface area (Å²) in [5.41, 5.74) is 0. The summed E-state index contributed by atoms with van der Waals surface area (Å²) >= 11 is 0. The molecule has 0 saturated carbocycles. The van der Waals surface area contributed by atoms with Crippen molar-refractivity contribution >= 4 is 11.9 Å². The molecule has 0 saturated heterocycles. The van der Waals surface area contributed by atoms with E-state index in [1.54, 1.807) is 0 Å². The van der Waals surface area contributed by atoms with E-state index in [-0.39, 0.29) is 24.9 Å². The minimum atomic E-state index is -0.780. The number of carbonyl (C=O) groups excluding carboxylic acids is 2. The van der Waals surface area contributed by atoms with Crippen LogP contribution in [0, 0.1) is 0 Å². The number of esters is 1. The predicted molar refractivity (Wildman–Crippen MR) is 232 cm³/mol. The number of allylic oxidation sites excluding steroid dienone is 2. The van der Waals surface area contributed by atoms with Gasteiger partial charge >= 0.3 is 5.97 Å². The summed E-state index contributed by atoms with van der Waals surface area (Å²) in [6, 6.07) is -0.694. The second kappa shape index (κ2) is 42.7. The molecule has 0 aromatic heterocycles. The van der Waals surface area contributed by atoms with Gasteiger partial charge in [-0.3, -0.25) is 9.59 Å². The second-order valence-corrected chi connectivity index (χ2v) is 16.5. The highest BCUT2D eigenvalue weighted by Gasteiger charge is 2.24. The van der Waals surface area contributed by atoms with Crippen LogP contribution in [0.15, 0.2) is 12.2 Å². The summed E-state index contributed by atoms with van der Waals surface area (Å²) in [5.74, 6) is -0.473. The van der Waals surface area contributed by atoms with Gasteiger partial charge in [0, 0.05) is 6.42 Å². The van der Waals surface area contributed by atoms with Gasteiger partial charge < -0.3 is 20.3 Å². The zero-order valence-electron chi connectivity index (χ0n) is 36.4. The Balaban J connectivity index is 4.56. The van der Waals surface area contributed by atoms with Gasteiger partial charge in [-0.05, 0) is 44.9 Å². The standard InChI is InChI=1S/C48H93NO5/c1-4-7-10-13-16-19-21-22-23-24-26-28-30-33-36-39-44(54-48(53)41-38-35-32-29-25-20-17-14-11-8-5-2)42-47(52)49-45(43-50)46(51)40-37-34-31-27-18-15-12-9-6-3/h14,17,44-46,50-51H,4-13,15-16,18-43H2,1-3H3,(H,49,52)/b17-14-. The molecule has 0 aromatic rings. The molecule has 0 bridgehead atoms. The lowest BCUT2D eigenvalue weighted by Crippen LogP contribution is -2.46. The topological polar surface area (TPSA) is 95.9 Å². The lowest BCUT2D eigenvalue weighted by molar-refractivity contribution is -0.151. The number of aliphatic hydroxyl groups excluding tert-OH is 2. The highest BCUT2D eigenvalue weighted by atomic mass is 16.5. The van der Waals surface area contributed by atoms with Crippen LogP contribution in [0.3, 0.4) is 0 Å². The predicted octanol–water partition coefficient (Wildman–Crippen LogP) is 13.8. The molecule has 0 aliphatic heterocycles. The highest BCUT2D eigenvalue weighted by molar-refractivity contribution is 5.77. The Morgan fingerprint density at radius 2 is 0.907 bits per heavy atom. The van der Waals surface area contributed by atoms with Crippen LogP contribution in [0.5, 0.6) is 0 Å². The van der Waals surface area contributed by atoms with Crippen molar-refractivity contribution in [3.63, 3.8) is 0 Å². The fraction of sp³-hybridized carbons (Fsp3) is 0.917. The lowest BCUT2D eigenvalue weighted by Gasteiger charge is -2.24. The third kappa shape index (κ3) is 37.5. The molecule has 320 valence electrons. The van der Waals surface area contributed by atoms with E-state index in [9.17, 15) is 19.8 Å². The van der Waals surface area contributed by atoms with Crippen LogP contribution in [0.2, 0.25) is 0 Å². The number of carbonyl (C=O) groups is 2. The fourth-order valence-corrected chi connectivity index (χ4v) is 7.41. The first kappa shape index (κ1) is 52.6. The van der Waals surface area contributed by atoms with Gasteiger partial charge in [-0.2, -0.15) is 0 Å². The Kier molecular flexibility index (Phi) is 41.6. The average Bonchev–Trinajstić information content (AvgIpc) is 3.16. The molecule has 54 heavy (non-hydrogen) atoms.